The van der Waals surface area contributed by atoms with Crippen LogP contribution in [0, 0.1) is 6.92 Å². The first-order valence-corrected chi connectivity index (χ1v) is 11.3. The SMILES string of the molecule is CCS(=O)(=O)O.CCS(=O)(=O)[O-].Cc1n[n+]2ccc3ccccc3c2[nH]c1=O. The summed E-state index contributed by atoms with van der Waals surface area (Å²) >= 11 is 0. The van der Waals surface area contributed by atoms with E-state index in [0.717, 1.165) is 16.4 Å². The molecule has 2 aromatic heterocycles. The molecule has 2 heterocycles. The van der Waals surface area contributed by atoms with E-state index in [1.807, 2.05) is 36.5 Å². The molecule has 0 radical (unpaired) electrons. The molecular formula is C16H21N3O7S2. The van der Waals surface area contributed by atoms with Crippen molar-refractivity contribution in [3.8, 4) is 0 Å². The molecule has 154 valence electrons. The van der Waals surface area contributed by atoms with Crippen LogP contribution in [0.15, 0.2) is 41.3 Å². The molecule has 0 spiro atoms. The lowest BCUT2D eigenvalue weighted by Gasteiger charge is -1.97. The first-order chi connectivity index (χ1) is 12.9. The molecule has 0 fully saturated rings. The highest BCUT2D eigenvalue weighted by molar-refractivity contribution is 7.85. The van der Waals surface area contributed by atoms with Crippen molar-refractivity contribution in [1.29, 1.82) is 0 Å². The van der Waals surface area contributed by atoms with Gasteiger partial charge in [-0.1, -0.05) is 30.2 Å². The molecule has 0 aliphatic carbocycles. The Kier molecular flexibility index (Phi) is 8.17. The minimum absolute atomic E-state index is 0.142. The first kappa shape index (κ1) is 23.6. The third-order valence-corrected chi connectivity index (χ3v) is 4.81. The van der Waals surface area contributed by atoms with Crippen LogP contribution < -0.4 is 10.1 Å². The highest BCUT2D eigenvalue weighted by Gasteiger charge is 2.10. The number of pyridine rings is 1. The molecule has 0 atom stereocenters. The van der Waals surface area contributed by atoms with Gasteiger partial charge >= 0.3 is 11.2 Å². The normalized spacial score (nSPS) is 11.3. The number of aryl methyl sites for hydroxylation is 1. The van der Waals surface area contributed by atoms with E-state index in [1.165, 1.54) is 13.8 Å². The lowest BCUT2D eigenvalue weighted by molar-refractivity contribution is -0.583. The molecule has 12 heteroatoms. The van der Waals surface area contributed by atoms with Crippen molar-refractivity contribution in [2.45, 2.75) is 20.8 Å². The van der Waals surface area contributed by atoms with Gasteiger partial charge in [0.1, 0.15) is 6.20 Å². The number of nitrogens with zero attached hydrogens (tertiary/aromatic N) is 2. The number of benzene rings is 1. The first-order valence-electron chi connectivity index (χ1n) is 8.07. The van der Waals surface area contributed by atoms with E-state index in [0.29, 0.717) is 5.69 Å². The van der Waals surface area contributed by atoms with Gasteiger partial charge in [0.15, 0.2) is 5.69 Å². The van der Waals surface area contributed by atoms with Crippen molar-refractivity contribution in [3.63, 3.8) is 0 Å². The van der Waals surface area contributed by atoms with Gasteiger partial charge in [-0.3, -0.25) is 4.55 Å². The number of hydrogen-bond donors (Lipinski definition) is 2. The van der Waals surface area contributed by atoms with Gasteiger partial charge in [-0.25, -0.2) is 18.2 Å². The molecule has 3 rings (SSSR count). The summed E-state index contributed by atoms with van der Waals surface area (Å²) in [6, 6.07) is 9.87. The molecule has 0 aliphatic rings. The van der Waals surface area contributed by atoms with Gasteiger partial charge in [-0.15, -0.1) is 4.52 Å². The zero-order valence-corrected chi connectivity index (χ0v) is 17.1. The predicted octanol–water partition coefficient (Wildman–Crippen LogP) is 0.416. The number of H-pyrrole nitrogens is 1. The number of nitrogens with one attached hydrogen (secondary N) is 1. The summed E-state index contributed by atoms with van der Waals surface area (Å²) in [5.74, 6) is -0.514. The molecule has 0 unspecified atom stereocenters. The minimum Gasteiger partial charge on any atom is -0.748 e. The fourth-order valence-electron chi connectivity index (χ4n) is 1.82. The molecule has 3 aromatic rings. The largest absolute Gasteiger partial charge is 0.748 e. The molecule has 0 saturated carbocycles. The van der Waals surface area contributed by atoms with E-state index in [1.54, 1.807) is 11.4 Å². The summed E-state index contributed by atoms with van der Waals surface area (Å²) in [4.78, 5) is 14.4. The van der Waals surface area contributed by atoms with Crippen molar-refractivity contribution in [2.75, 3.05) is 11.5 Å². The van der Waals surface area contributed by atoms with Gasteiger partial charge in [0.25, 0.3) is 10.1 Å². The highest BCUT2D eigenvalue weighted by atomic mass is 32.2. The van der Waals surface area contributed by atoms with Crippen LogP contribution in [0.5, 0.6) is 0 Å². The van der Waals surface area contributed by atoms with Crippen molar-refractivity contribution < 1.29 is 30.5 Å². The molecule has 0 saturated heterocycles. The van der Waals surface area contributed by atoms with Crippen LogP contribution in [0.25, 0.3) is 16.4 Å². The molecule has 10 nitrogen and oxygen atoms in total. The van der Waals surface area contributed by atoms with Crippen LogP contribution in [0.2, 0.25) is 0 Å². The number of fused-ring (bicyclic) bond motifs is 3. The van der Waals surface area contributed by atoms with E-state index in [-0.39, 0.29) is 17.1 Å². The van der Waals surface area contributed by atoms with E-state index in [9.17, 15) is 26.2 Å². The van der Waals surface area contributed by atoms with Gasteiger partial charge in [0, 0.05) is 5.75 Å². The Morgan fingerprint density at radius 3 is 2.14 bits per heavy atom. The second-order valence-corrected chi connectivity index (χ2v) is 8.89. The second-order valence-electron chi connectivity index (χ2n) is 5.45. The van der Waals surface area contributed by atoms with E-state index < -0.39 is 20.2 Å². The van der Waals surface area contributed by atoms with Crippen LogP contribution in [-0.4, -0.2) is 47.5 Å². The lowest BCUT2D eigenvalue weighted by atomic mass is 10.2. The highest BCUT2D eigenvalue weighted by Crippen LogP contribution is 2.13. The van der Waals surface area contributed by atoms with Gasteiger partial charge < -0.3 is 4.55 Å². The van der Waals surface area contributed by atoms with Crippen LogP contribution in [0.3, 0.4) is 0 Å². The van der Waals surface area contributed by atoms with E-state index in [2.05, 4.69) is 10.1 Å². The summed E-state index contributed by atoms with van der Waals surface area (Å²) < 4.78 is 56.9. The summed E-state index contributed by atoms with van der Waals surface area (Å²) in [6.07, 6.45) is 1.85. The third-order valence-electron chi connectivity index (χ3n) is 3.38. The van der Waals surface area contributed by atoms with Crippen LogP contribution in [0.4, 0.5) is 0 Å². The summed E-state index contributed by atoms with van der Waals surface area (Å²) in [6.45, 7) is 4.37. The maximum Gasteiger partial charge on any atom is 0.357 e. The Hall–Kier alpha value is -2.41. The number of aromatic nitrogens is 3. The fraction of sp³-hybridized carbons (Fsp3) is 0.312. The summed E-state index contributed by atoms with van der Waals surface area (Å²) in [7, 11) is -7.57. The van der Waals surface area contributed by atoms with E-state index in [4.69, 9.17) is 4.55 Å². The quantitative estimate of drug-likeness (QED) is 0.335. The molecule has 1 aromatic carbocycles. The Morgan fingerprint density at radius 1 is 1.11 bits per heavy atom. The van der Waals surface area contributed by atoms with Crippen molar-refractivity contribution in [2.24, 2.45) is 0 Å². The fourth-order valence-corrected chi connectivity index (χ4v) is 1.82. The summed E-state index contributed by atoms with van der Waals surface area (Å²) in [5, 5.41) is 6.28. The Morgan fingerprint density at radius 2 is 1.64 bits per heavy atom. The lowest BCUT2D eigenvalue weighted by Crippen LogP contribution is -2.33. The topological polar surface area (TPSA) is 161 Å². The molecule has 2 N–H and O–H groups in total. The van der Waals surface area contributed by atoms with Gasteiger partial charge in [0.05, 0.1) is 21.3 Å². The Balaban J connectivity index is 0.000000274. The van der Waals surface area contributed by atoms with Gasteiger partial charge in [0.2, 0.25) is 0 Å². The molecule has 28 heavy (non-hydrogen) atoms. The Labute approximate surface area is 162 Å². The predicted molar refractivity (Wildman–Crippen MR) is 103 cm³/mol. The molecule has 0 bridgehead atoms. The zero-order chi connectivity index (χ0) is 21.5. The number of hydrogen-bond acceptors (Lipinski definition) is 7. The van der Waals surface area contributed by atoms with E-state index >= 15 is 0 Å². The minimum atomic E-state index is -3.91. The average Bonchev–Trinajstić information content (AvgIpc) is 2.63. The van der Waals surface area contributed by atoms with Crippen molar-refractivity contribution in [3.05, 3.63) is 52.6 Å². The molecule has 0 amide bonds. The van der Waals surface area contributed by atoms with Crippen molar-refractivity contribution >= 4 is 36.7 Å². The zero-order valence-electron chi connectivity index (χ0n) is 15.5. The second kappa shape index (κ2) is 9.68. The van der Waals surface area contributed by atoms with Gasteiger partial charge in [-0.05, 0) is 31.4 Å². The van der Waals surface area contributed by atoms with Crippen molar-refractivity contribution in [1.82, 2.24) is 10.1 Å². The average molecular weight is 431 g/mol. The number of aromatic amines is 1. The third kappa shape index (κ3) is 7.68. The maximum absolute atomic E-state index is 11.5. The maximum atomic E-state index is 11.5. The smallest absolute Gasteiger partial charge is 0.357 e. The van der Waals surface area contributed by atoms with Crippen LogP contribution >= 0.6 is 0 Å². The number of rotatable bonds is 2. The summed E-state index contributed by atoms with van der Waals surface area (Å²) in [5.41, 5.74) is 1.05. The molecular weight excluding hydrogens is 410 g/mol. The van der Waals surface area contributed by atoms with Gasteiger partial charge in [-0.2, -0.15) is 8.42 Å². The standard InChI is InChI=1S/C12H9N3O.2C2H6O3S/c1-8-12(16)13-11-10-5-3-2-4-9(10)6-7-15(11)14-8;2*1-2-6(3,4)5/h2-7H,1H3;2*2H2,1H3,(H,3,4,5). The van der Waals surface area contributed by atoms with Crippen LogP contribution in [0.1, 0.15) is 19.5 Å². The molecule has 0 aliphatic heterocycles. The Bertz CT molecular complexity index is 1190. The van der Waals surface area contributed by atoms with Crippen LogP contribution in [-0.2, 0) is 20.2 Å². The monoisotopic (exact) mass is 431 g/mol.